The Hall–Kier alpha value is -0.0400. The zero-order valence-corrected chi connectivity index (χ0v) is 9.77. The van der Waals surface area contributed by atoms with Crippen LogP contribution in [0.4, 0.5) is 0 Å². The summed E-state index contributed by atoms with van der Waals surface area (Å²) >= 11 is 0. The van der Waals surface area contributed by atoms with Gasteiger partial charge in [0, 0.05) is 5.54 Å². The molecular weight excluding hydrogens is 170 g/mol. The SMILES string of the molecule is CNC1(C2CCC3CC2C3(C)C)CC1. The number of fused-ring (bicyclic) bond motifs is 2. The first-order chi connectivity index (χ1) is 6.60. The van der Waals surface area contributed by atoms with Crippen LogP contribution in [0.2, 0.25) is 0 Å². The fourth-order valence-corrected chi connectivity index (χ4v) is 4.41. The molecule has 80 valence electrons. The van der Waals surface area contributed by atoms with Crippen molar-refractivity contribution in [2.24, 2.45) is 23.2 Å². The van der Waals surface area contributed by atoms with Crippen LogP contribution in [0.5, 0.6) is 0 Å². The first-order valence-corrected chi connectivity index (χ1v) is 6.29. The summed E-state index contributed by atoms with van der Waals surface area (Å²) in [7, 11) is 2.17. The molecule has 4 saturated carbocycles. The Labute approximate surface area is 87.7 Å². The highest BCUT2D eigenvalue weighted by Crippen LogP contribution is 2.66. The lowest BCUT2D eigenvalue weighted by atomic mass is 9.44. The highest BCUT2D eigenvalue weighted by atomic mass is 15.0. The predicted octanol–water partition coefficient (Wildman–Crippen LogP) is 2.81. The quantitative estimate of drug-likeness (QED) is 0.711. The minimum Gasteiger partial charge on any atom is -0.314 e. The van der Waals surface area contributed by atoms with Crippen molar-refractivity contribution >= 4 is 0 Å². The van der Waals surface area contributed by atoms with E-state index in [1.54, 1.807) is 0 Å². The second-order valence-corrected chi connectivity index (χ2v) is 6.45. The number of hydrogen-bond donors (Lipinski definition) is 1. The molecule has 0 aliphatic heterocycles. The lowest BCUT2D eigenvalue weighted by Gasteiger charge is -2.62. The number of hydrogen-bond acceptors (Lipinski definition) is 1. The summed E-state index contributed by atoms with van der Waals surface area (Å²) < 4.78 is 0. The summed E-state index contributed by atoms with van der Waals surface area (Å²) in [4.78, 5) is 0. The molecule has 2 bridgehead atoms. The number of nitrogens with one attached hydrogen (secondary N) is 1. The molecule has 14 heavy (non-hydrogen) atoms. The van der Waals surface area contributed by atoms with Gasteiger partial charge in [-0.1, -0.05) is 13.8 Å². The third kappa shape index (κ3) is 0.946. The van der Waals surface area contributed by atoms with Gasteiger partial charge in [-0.25, -0.2) is 0 Å². The third-order valence-corrected chi connectivity index (χ3v) is 5.85. The van der Waals surface area contributed by atoms with Crippen LogP contribution in [-0.4, -0.2) is 12.6 Å². The van der Waals surface area contributed by atoms with Crippen molar-refractivity contribution in [3.63, 3.8) is 0 Å². The van der Waals surface area contributed by atoms with Crippen molar-refractivity contribution < 1.29 is 0 Å². The van der Waals surface area contributed by atoms with Crippen LogP contribution in [0.25, 0.3) is 0 Å². The van der Waals surface area contributed by atoms with Crippen molar-refractivity contribution in [3.8, 4) is 0 Å². The Morgan fingerprint density at radius 3 is 2.21 bits per heavy atom. The van der Waals surface area contributed by atoms with Crippen molar-refractivity contribution in [1.29, 1.82) is 0 Å². The fraction of sp³-hybridized carbons (Fsp3) is 1.00. The van der Waals surface area contributed by atoms with Crippen molar-refractivity contribution in [3.05, 3.63) is 0 Å². The summed E-state index contributed by atoms with van der Waals surface area (Å²) in [6, 6.07) is 0. The van der Waals surface area contributed by atoms with E-state index < -0.39 is 0 Å². The molecule has 0 aromatic heterocycles. The lowest BCUT2D eigenvalue weighted by Crippen LogP contribution is -2.57. The molecule has 0 radical (unpaired) electrons. The highest BCUT2D eigenvalue weighted by molar-refractivity contribution is 5.15. The van der Waals surface area contributed by atoms with E-state index in [0.717, 1.165) is 17.8 Å². The zero-order valence-electron chi connectivity index (χ0n) is 9.77. The zero-order chi connectivity index (χ0) is 9.97. The van der Waals surface area contributed by atoms with Crippen LogP contribution in [0.15, 0.2) is 0 Å². The normalized spacial score (nSPS) is 46.9. The van der Waals surface area contributed by atoms with Crippen LogP contribution in [0, 0.1) is 23.2 Å². The average Bonchev–Trinajstić information content (AvgIpc) is 2.98. The predicted molar refractivity (Wildman–Crippen MR) is 59.1 cm³/mol. The van der Waals surface area contributed by atoms with Crippen LogP contribution >= 0.6 is 0 Å². The molecule has 0 aromatic carbocycles. The maximum Gasteiger partial charge on any atom is 0.0210 e. The Bertz CT molecular complexity index is 250. The molecular formula is C13H23N. The van der Waals surface area contributed by atoms with Gasteiger partial charge in [-0.05, 0) is 62.3 Å². The first-order valence-electron chi connectivity index (χ1n) is 6.29. The van der Waals surface area contributed by atoms with Gasteiger partial charge >= 0.3 is 0 Å². The van der Waals surface area contributed by atoms with Crippen molar-refractivity contribution in [2.75, 3.05) is 7.05 Å². The van der Waals surface area contributed by atoms with E-state index in [1.165, 1.54) is 32.1 Å². The molecule has 3 atom stereocenters. The molecule has 0 aromatic rings. The molecule has 0 amide bonds. The fourth-order valence-electron chi connectivity index (χ4n) is 4.41. The van der Waals surface area contributed by atoms with E-state index in [2.05, 4.69) is 26.2 Å². The van der Waals surface area contributed by atoms with Gasteiger partial charge in [-0.2, -0.15) is 0 Å². The number of rotatable bonds is 2. The van der Waals surface area contributed by atoms with Gasteiger partial charge in [-0.3, -0.25) is 0 Å². The molecule has 4 aliphatic rings. The third-order valence-electron chi connectivity index (χ3n) is 5.85. The molecule has 0 heterocycles. The Morgan fingerprint density at radius 2 is 1.79 bits per heavy atom. The molecule has 3 unspecified atom stereocenters. The molecule has 0 saturated heterocycles. The minimum atomic E-state index is 0.577. The summed E-state index contributed by atoms with van der Waals surface area (Å²) in [5.74, 6) is 3.07. The smallest absolute Gasteiger partial charge is 0.0210 e. The van der Waals surface area contributed by atoms with Crippen LogP contribution in [-0.2, 0) is 0 Å². The van der Waals surface area contributed by atoms with Crippen LogP contribution in [0.3, 0.4) is 0 Å². The Kier molecular flexibility index (Phi) is 1.68. The maximum absolute atomic E-state index is 3.61. The molecule has 4 rings (SSSR count). The van der Waals surface area contributed by atoms with Gasteiger partial charge in [0.2, 0.25) is 0 Å². The van der Waals surface area contributed by atoms with Crippen molar-refractivity contribution in [2.45, 2.75) is 51.5 Å². The van der Waals surface area contributed by atoms with E-state index in [0.29, 0.717) is 11.0 Å². The molecule has 1 heteroatoms. The molecule has 1 N–H and O–H groups in total. The summed E-state index contributed by atoms with van der Waals surface area (Å²) in [5.41, 5.74) is 1.24. The van der Waals surface area contributed by atoms with Gasteiger partial charge < -0.3 is 5.32 Å². The van der Waals surface area contributed by atoms with Gasteiger partial charge in [0.15, 0.2) is 0 Å². The molecule has 0 spiro atoms. The molecule has 1 nitrogen and oxygen atoms in total. The summed E-state index contributed by atoms with van der Waals surface area (Å²) in [6.07, 6.45) is 7.40. The average molecular weight is 193 g/mol. The second-order valence-electron chi connectivity index (χ2n) is 6.45. The lowest BCUT2D eigenvalue weighted by molar-refractivity contribution is -0.117. The van der Waals surface area contributed by atoms with E-state index in [9.17, 15) is 0 Å². The van der Waals surface area contributed by atoms with E-state index in [-0.39, 0.29) is 0 Å². The summed E-state index contributed by atoms with van der Waals surface area (Å²) in [6.45, 7) is 5.01. The van der Waals surface area contributed by atoms with Crippen LogP contribution in [0.1, 0.15) is 46.0 Å². The van der Waals surface area contributed by atoms with Crippen LogP contribution < -0.4 is 5.32 Å². The van der Waals surface area contributed by atoms with Crippen molar-refractivity contribution in [1.82, 2.24) is 5.32 Å². The maximum atomic E-state index is 3.61. The Balaban J connectivity index is 1.82. The molecule has 4 aliphatic carbocycles. The van der Waals surface area contributed by atoms with E-state index in [4.69, 9.17) is 0 Å². The van der Waals surface area contributed by atoms with Gasteiger partial charge in [-0.15, -0.1) is 0 Å². The highest BCUT2D eigenvalue weighted by Gasteiger charge is 2.61. The van der Waals surface area contributed by atoms with E-state index >= 15 is 0 Å². The first kappa shape index (κ1) is 9.21. The summed E-state index contributed by atoms with van der Waals surface area (Å²) in [5, 5.41) is 3.61. The topological polar surface area (TPSA) is 12.0 Å². The van der Waals surface area contributed by atoms with E-state index in [1.807, 2.05) is 0 Å². The largest absolute Gasteiger partial charge is 0.314 e. The molecule has 4 fully saturated rings. The van der Waals surface area contributed by atoms with Gasteiger partial charge in [0.25, 0.3) is 0 Å². The monoisotopic (exact) mass is 193 g/mol. The van der Waals surface area contributed by atoms with Gasteiger partial charge in [0.1, 0.15) is 0 Å². The second kappa shape index (κ2) is 2.55. The standard InChI is InChI=1S/C13H23N/c1-12(2)9-4-5-10(11(12)8-9)13(14-3)6-7-13/h9-11,14H,4-8H2,1-3H3. The minimum absolute atomic E-state index is 0.577. The van der Waals surface area contributed by atoms with Gasteiger partial charge in [0.05, 0.1) is 0 Å². The Morgan fingerprint density at radius 1 is 1.07 bits per heavy atom.